The number of ether oxygens (including phenoxy) is 5. The van der Waals surface area contributed by atoms with Crippen LogP contribution in [0.4, 0.5) is 0 Å². The standard InChI is InChI=1S/C65H108O12/c1-4-7-10-13-16-19-22-25-27-28-29-30-32-35-38-41-44-47-50-53-59(68)76-63-61(70)60(69)62(64(71)72)77-65(63)74-55-56(75-58(67)52-49-46-43-40-37-33-24-21-18-15-12-9-6-3)54-73-57(66)51-48-45-42-39-36-34-31-26-23-20-17-14-11-8-5-2/h8-9,11-12,17-18,20-21,26,31,33,36-37,39,56,60-63,65,69-70H,4-7,10,13-16,19,22-25,27-30,32,34-35,38,40-55H2,1-3H3,(H,71,72)/b11-8-,12-9-,20-17-,21-18-,31-26-,37-33-,39-36-. The van der Waals surface area contributed by atoms with Gasteiger partial charge in [0.1, 0.15) is 18.8 Å². The number of aliphatic carboxylic acids is 1. The van der Waals surface area contributed by atoms with Crippen LogP contribution in [0, 0.1) is 0 Å². The van der Waals surface area contributed by atoms with E-state index in [-0.39, 0.29) is 25.9 Å². The van der Waals surface area contributed by atoms with Gasteiger partial charge in [-0.05, 0) is 89.9 Å². The Kier molecular flexibility index (Phi) is 48.4. The summed E-state index contributed by atoms with van der Waals surface area (Å²) in [6.45, 7) is 5.72. The second-order valence-electron chi connectivity index (χ2n) is 20.6. The Morgan fingerprint density at radius 1 is 0.442 bits per heavy atom. The SMILES string of the molecule is CC/C=C\C/C=C\C/C=C\C/C=C\CCCCC(=O)OCC(COC1OC(C(=O)O)C(O)C(O)C1OC(=O)CCCCCCCCCCCCCCCCCCCCC)OC(=O)CCCCC/C=C\C/C=C\C/C=C\CC. The number of carboxylic acids is 1. The molecule has 1 rings (SSSR count). The molecule has 0 amide bonds. The van der Waals surface area contributed by atoms with Crippen molar-refractivity contribution in [3.05, 3.63) is 85.1 Å². The summed E-state index contributed by atoms with van der Waals surface area (Å²) in [5.41, 5.74) is 0. The zero-order valence-corrected chi connectivity index (χ0v) is 48.4. The van der Waals surface area contributed by atoms with Gasteiger partial charge >= 0.3 is 23.9 Å². The molecule has 0 radical (unpaired) electrons. The van der Waals surface area contributed by atoms with Crippen molar-refractivity contribution in [2.24, 2.45) is 0 Å². The summed E-state index contributed by atoms with van der Waals surface area (Å²) in [5.74, 6) is -3.21. The van der Waals surface area contributed by atoms with Gasteiger partial charge in [0.05, 0.1) is 6.61 Å². The number of hydrogen-bond acceptors (Lipinski definition) is 11. The van der Waals surface area contributed by atoms with E-state index in [9.17, 15) is 34.5 Å². The fourth-order valence-electron chi connectivity index (χ4n) is 8.84. The minimum Gasteiger partial charge on any atom is -0.479 e. The molecule has 1 fully saturated rings. The quantitative estimate of drug-likeness (QED) is 0.0228. The highest BCUT2D eigenvalue weighted by Crippen LogP contribution is 2.26. The summed E-state index contributed by atoms with van der Waals surface area (Å²) in [6.07, 6.45) is 55.6. The molecule has 0 aromatic heterocycles. The van der Waals surface area contributed by atoms with Crippen molar-refractivity contribution in [1.82, 2.24) is 0 Å². The molecule has 0 bridgehead atoms. The van der Waals surface area contributed by atoms with Crippen LogP contribution in [0.3, 0.4) is 0 Å². The van der Waals surface area contributed by atoms with E-state index in [1.807, 2.05) is 0 Å². The third-order valence-electron chi connectivity index (χ3n) is 13.5. The van der Waals surface area contributed by atoms with E-state index >= 15 is 0 Å². The normalized spacial score (nSPS) is 18.6. The van der Waals surface area contributed by atoms with Crippen LogP contribution in [0.1, 0.15) is 252 Å². The number of allylic oxidation sites excluding steroid dienone is 14. The first-order valence-corrected chi connectivity index (χ1v) is 30.6. The van der Waals surface area contributed by atoms with Gasteiger partial charge in [-0.3, -0.25) is 14.4 Å². The van der Waals surface area contributed by atoms with E-state index in [1.165, 1.54) is 89.9 Å². The van der Waals surface area contributed by atoms with Gasteiger partial charge in [0.2, 0.25) is 0 Å². The van der Waals surface area contributed by atoms with Crippen molar-refractivity contribution in [2.45, 2.75) is 289 Å². The summed E-state index contributed by atoms with van der Waals surface area (Å²) >= 11 is 0. The van der Waals surface area contributed by atoms with Crippen LogP contribution in [0.25, 0.3) is 0 Å². The van der Waals surface area contributed by atoms with E-state index in [4.69, 9.17) is 23.7 Å². The maximum atomic E-state index is 13.1. The zero-order valence-electron chi connectivity index (χ0n) is 48.4. The van der Waals surface area contributed by atoms with Crippen LogP contribution in [-0.2, 0) is 42.9 Å². The molecule has 0 spiro atoms. The van der Waals surface area contributed by atoms with E-state index in [0.29, 0.717) is 19.3 Å². The lowest BCUT2D eigenvalue weighted by atomic mass is 9.98. The average molecular weight is 1080 g/mol. The lowest BCUT2D eigenvalue weighted by molar-refractivity contribution is -0.301. The second-order valence-corrected chi connectivity index (χ2v) is 20.6. The van der Waals surface area contributed by atoms with Crippen LogP contribution >= 0.6 is 0 Å². The summed E-state index contributed by atoms with van der Waals surface area (Å²) in [4.78, 5) is 51.1. The Morgan fingerprint density at radius 2 is 0.818 bits per heavy atom. The van der Waals surface area contributed by atoms with Gasteiger partial charge in [-0.15, -0.1) is 0 Å². The first-order valence-electron chi connectivity index (χ1n) is 30.6. The van der Waals surface area contributed by atoms with Gasteiger partial charge in [0.25, 0.3) is 0 Å². The molecule has 6 atom stereocenters. The third kappa shape index (κ3) is 42.5. The van der Waals surface area contributed by atoms with Gasteiger partial charge in [0, 0.05) is 19.3 Å². The number of carboxylic acid groups (broad SMARTS) is 1. The highest BCUT2D eigenvalue weighted by Gasteiger charge is 2.50. The van der Waals surface area contributed by atoms with Crippen LogP contribution in [0.5, 0.6) is 0 Å². The van der Waals surface area contributed by atoms with Crippen molar-refractivity contribution >= 4 is 23.9 Å². The molecule has 12 nitrogen and oxygen atoms in total. The molecule has 1 saturated heterocycles. The van der Waals surface area contributed by atoms with E-state index in [1.54, 1.807) is 0 Å². The maximum absolute atomic E-state index is 13.1. The molecule has 0 saturated carbocycles. The molecule has 1 aliphatic heterocycles. The van der Waals surface area contributed by atoms with Crippen molar-refractivity contribution in [1.29, 1.82) is 0 Å². The number of carbonyl (C=O) groups excluding carboxylic acids is 3. The molecule has 6 unspecified atom stereocenters. The van der Waals surface area contributed by atoms with Gasteiger partial charge < -0.3 is 39.0 Å². The first-order chi connectivity index (χ1) is 37.6. The zero-order chi connectivity index (χ0) is 56.1. The van der Waals surface area contributed by atoms with E-state index < -0.39 is 67.3 Å². The molecule has 0 aromatic carbocycles. The molecule has 1 heterocycles. The molecule has 12 heteroatoms. The van der Waals surface area contributed by atoms with E-state index in [2.05, 4.69) is 106 Å². The number of carbonyl (C=O) groups is 4. The number of unbranched alkanes of at least 4 members (excludes halogenated alkanes) is 23. The van der Waals surface area contributed by atoms with E-state index in [0.717, 1.165) is 103 Å². The molecular formula is C65H108O12. The largest absolute Gasteiger partial charge is 0.479 e. The van der Waals surface area contributed by atoms with Crippen LogP contribution < -0.4 is 0 Å². The predicted octanol–water partition coefficient (Wildman–Crippen LogP) is 15.9. The number of aliphatic hydroxyl groups is 2. The Labute approximate surface area is 467 Å². The molecule has 0 aliphatic carbocycles. The van der Waals surface area contributed by atoms with Gasteiger partial charge in [-0.25, -0.2) is 4.79 Å². The Balaban J connectivity index is 2.69. The minimum atomic E-state index is -1.91. The van der Waals surface area contributed by atoms with Crippen molar-refractivity contribution in [3.63, 3.8) is 0 Å². The molecule has 0 aromatic rings. The fraction of sp³-hybridized carbons (Fsp3) is 0.723. The van der Waals surface area contributed by atoms with Gasteiger partial charge in [-0.2, -0.15) is 0 Å². The van der Waals surface area contributed by atoms with Crippen LogP contribution in [0.15, 0.2) is 85.1 Å². The molecule has 440 valence electrons. The molecular weight excluding hydrogens is 973 g/mol. The molecule has 1 aliphatic rings. The topological polar surface area (TPSA) is 175 Å². The highest BCUT2D eigenvalue weighted by atomic mass is 16.7. The van der Waals surface area contributed by atoms with Crippen LogP contribution in [0.2, 0.25) is 0 Å². The fourth-order valence-corrected chi connectivity index (χ4v) is 8.84. The minimum absolute atomic E-state index is 0.0533. The second kappa shape index (κ2) is 52.6. The maximum Gasteiger partial charge on any atom is 0.335 e. The van der Waals surface area contributed by atoms with Gasteiger partial charge in [-0.1, -0.05) is 228 Å². The highest BCUT2D eigenvalue weighted by molar-refractivity contribution is 5.74. The Morgan fingerprint density at radius 3 is 1.27 bits per heavy atom. The average Bonchev–Trinajstić information content (AvgIpc) is 3.42. The Bertz CT molecular complexity index is 1660. The summed E-state index contributed by atoms with van der Waals surface area (Å²) < 4.78 is 28.4. The lowest BCUT2D eigenvalue weighted by Gasteiger charge is -2.40. The Hall–Kier alpha value is -4.10. The summed E-state index contributed by atoms with van der Waals surface area (Å²) in [6, 6.07) is 0. The van der Waals surface area contributed by atoms with Crippen molar-refractivity contribution in [2.75, 3.05) is 13.2 Å². The monoisotopic (exact) mass is 1080 g/mol. The first kappa shape index (κ1) is 70.9. The van der Waals surface area contributed by atoms with Crippen molar-refractivity contribution < 1.29 is 58.2 Å². The number of aliphatic hydroxyl groups excluding tert-OH is 2. The summed E-state index contributed by atoms with van der Waals surface area (Å²) in [5, 5.41) is 31.5. The number of rotatable bonds is 51. The molecule has 3 N–H and O–H groups in total. The van der Waals surface area contributed by atoms with Crippen LogP contribution in [-0.4, -0.2) is 89.2 Å². The van der Waals surface area contributed by atoms with Gasteiger partial charge in [0.15, 0.2) is 24.6 Å². The smallest absolute Gasteiger partial charge is 0.335 e. The third-order valence-corrected chi connectivity index (χ3v) is 13.5. The molecule has 77 heavy (non-hydrogen) atoms. The predicted molar refractivity (Wildman–Crippen MR) is 312 cm³/mol. The lowest BCUT2D eigenvalue weighted by Crippen LogP contribution is -2.61. The summed E-state index contributed by atoms with van der Waals surface area (Å²) in [7, 11) is 0. The van der Waals surface area contributed by atoms with Crippen molar-refractivity contribution in [3.8, 4) is 0 Å². The number of esters is 3. The number of hydrogen-bond donors (Lipinski definition) is 3.